The Balaban J connectivity index is 1.62. The van der Waals surface area contributed by atoms with Gasteiger partial charge in [0.2, 0.25) is 0 Å². The van der Waals surface area contributed by atoms with Gasteiger partial charge in [0.1, 0.15) is 0 Å². The van der Waals surface area contributed by atoms with Crippen LogP contribution in [-0.4, -0.2) is 19.8 Å². The molecule has 18 heavy (non-hydrogen) atoms. The summed E-state index contributed by atoms with van der Waals surface area (Å²) in [5.74, 6) is 0. The van der Waals surface area contributed by atoms with Gasteiger partial charge < -0.3 is 10.1 Å². The van der Waals surface area contributed by atoms with Gasteiger partial charge >= 0.3 is 0 Å². The van der Waals surface area contributed by atoms with Crippen molar-refractivity contribution in [3.63, 3.8) is 0 Å². The fraction of sp³-hybridized carbons (Fsp3) is 0.625. The topological polar surface area (TPSA) is 21.3 Å². The lowest BCUT2D eigenvalue weighted by atomic mass is 10.1. The summed E-state index contributed by atoms with van der Waals surface area (Å²) in [5, 5.41) is 3.49. The maximum absolute atomic E-state index is 5.46. The first kappa shape index (κ1) is 13.6. The number of aryl methyl sites for hydroxylation is 2. The lowest BCUT2D eigenvalue weighted by Gasteiger charge is -2.07. The molecule has 1 aromatic carbocycles. The second-order valence-electron chi connectivity index (χ2n) is 5.10. The van der Waals surface area contributed by atoms with E-state index >= 15 is 0 Å². The minimum Gasteiger partial charge on any atom is -0.381 e. The van der Waals surface area contributed by atoms with E-state index in [9.17, 15) is 0 Å². The fourth-order valence-electron chi connectivity index (χ4n) is 2.51. The smallest absolute Gasteiger partial charge is 0.0478 e. The Hall–Kier alpha value is -0.860. The van der Waals surface area contributed by atoms with Crippen LogP contribution in [0.15, 0.2) is 18.2 Å². The van der Waals surface area contributed by atoms with Gasteiger partial charge in [-0.1, -0.05) is 25.1 Å². The van der Waals surface area contributed by atoms with Gasteiger partial charge in [-0.15, -0.1) is 0 Å². The van der Waals surface area contributed by atoms with Crippen LogP contribution in [0.25, 0.3) is 0 Å². The number of rotatable bonds is 8. The Bertz CT molecular complexity index is 362. The highest BCUT2D eigenvalue weighted by atomic mass is 16.5. The van der Waals surface area contributed by atoms with Crippen LogP contribution in [-0.2, 0) is 24.1 Å². The molecule has 0 amide bonds. The fourth-order valence-corrected chi connectivity index (χ4v) is 2.51. The van der Waals surface area contributed by atoms with Gasteiger partial charge in [0.25, 0.3) is 0 Å². The summed E-state index contributed by atoms with van der Waals surface area (Å²) in [6, 6.07) is 6.96. The summed E-state index contributed by atoms with van der Waals surface area (Å²) in [6.07, 6.45) is 6.10. The van der Waals surface area contributed by atoms with Crippen LogP contribution in [0.3, 0.4) is 0 Å². The van der Waals surface area contributed by atoms with Crippen molar-refractivity contribution in [3.05, 3.63) is 34.9 Å². The molecule has 2 nitrogen and oxygen atoms in total. The van der Waals surface area contributed by atoms with Gasteiger partial charge in [0.15, 0.2) is 0 Å². The van der Waals surface area contributed by atoms with E-state index in [-0.39, 0.29) is 0 Å². The molecule has 1 N–H and O–H groups in total. The minimum absolute atomic E-state index is 0.880. The first-order valence-electron chi connectivity index (χ1n) is 7.29. The quantitative estimate of drug-likeness (QED) is 0.713. The molecule has 1 aliphatic carbocycles. The van der Waals surface area contributed by atoms with Crippen LogP contribution < -0.4 is 5.32 Å². The highest BCUT2D eigenvalue weighted by Gasteiger charge is 2.10. The SMILES string of the molecule is CCCOCCCNCc1ccc2c(c1)CCC2. The lowest BCUT2D eigenvalue weighted by Crippen LogP contribution is -2.16. The summed E-state index contributed by atoms with van der Waals surface area (Å²) < 4.78 is 5.46. The third-order valence-corrected chi connectivity index (χ3v) is 3.48. The molecule has 0 heterocycles. The van der Waals surface area contributed by atoms with E-state index in [1.807, 2.05) is 0 Å². The van der Waals surface area contributed by atoms with Crippen molar-refractivity contribution in [2.75, 3.05) is 19.8 Å². The Labute approximate surface area is 111 Å². The zero-order valence-electron chi connectivity index (χ0n) is 11.5. The second kappa shape index (κ2) is 7.55. The van der Waals surface area contributed by atoms with Crippen LogP contribution in [0.5, 0.6) is 0 Å². The highest BCUT2D eigenvalue weighted by molar-refractivity contribution is 5.35. The van der Waals surface area contributed by atoms with Gasteiger partial charge in [-0.25, -0.2) is 0 Å². The molecule has 0 radical (unpaired) electrons. The number of hydrogen-bond acceptors (Lipinski definition) is 2. The first-order valence-corrected chi connectivity index (χ1v) is 7.29. The standard InChI is InChI=1S/C16H25NO/c1-2-10-18-11-4-9-17-13-14-7-8-15-5-3-6-16(15)12-14/h7-8,12,17H,2-6,9-11,13H2,1H3. The third kappa shape index (κ3) is 4.11. The Kier molecular flexibility index (Phi) is 5.69. The van der Waals surface area contributed by atoms with E-state index in [0.717, 1.165) is 39.1 Å². The normalized spacial score (nSPS) is 13.8. The van der Waals surface area contributed by atoms with Crippen molar-refractivity contribution < 1.29 is 4.74 Å². The third-order valence-electron chi connectivity index (χ3n) is 3.48. The van der Waals surface area contributed by atoms with Crippen molar-refractivity contribution in [2.24, 2.45) is 0 Å². The van der Waals surface area contributed by atoms with Crippen LogP contribution in [0.4, 0.5) is 0 Å². The number of nitrogens with one attached hydrogen (secondary N) is 1. The van der Waals surface area contributed by atoms with Gasteiger partial charge in [-0.2, -0.15) is 0 Å². The molecule has 0 bridgehead atoms. The van der Waals surface area contributed by atoms with E-state index in [2.05, 4.69) is 30.4 Å². The van der Waals surface area contributed by atoms with Crippen molar-refractivity contribution in [1.29, 1.82) is 0 Å². The molecule has 0 fully saturated rings. The average Bonchev–Trinajstić information content (AvgIpc) is 2.85. The summed E-state index contributed by atoms with van der Waals surface area (Å²) in [7, 11) is 0. The summed E-state index contributed by atoms with van der Waals surface area (Å²) in [5.41, 5.74) is 4.55. The van der Waals surface area contributed by atoms with Gasteiger partial charge in [-0.05, 0) is 55.3 Å². The maximum atomic E-state index is 5.46. The number of benzene rings is 1. The largest absolute Gasteiger partial charge is 0.381 e. The molecule has 2 heteroatoms. The van der Waals surface area contributed by atoms with Crippen molar-refractivity contribution in [3.8, 4) is 0 Å². The van der Waals surface area contributed by atoms with Gasteiger partial charge in [0, 0.05) is 19.8 Å². The monoisotopic (exact) mass is 247 g/mol. The molecule has 0 saturated heterocycles. The number of hydrogen-bond donors (Lipinski definition) is 1. The molecule has 0 aliphatic heterocycles. The molecule has 0 saturated carbocycles. The van der Waals surface area contributed by atoms with E-state index in [4.69, 9.17) is 4.74 Å². The summed E-state index contributed by atoms with van der Waals surface area (Å²) in [6.45, 7) is 5.95. The van der Waals surface area contributed by atoms with Gasteiger partial charge in [0.05, 0.1) is 0 Å². The lowest BCUT2D eigenvalue weighted by molar-refractivity contribution is 0.132. The number of fused-ring (bicyclic) bond motifs is 1. The molecule has 0 spiro atoms. The molecular weight excluding hydrogens is 222 g/mol. The van der Waals surface area contributed by atoms with Crippen molar-refractivity contribution in [2.45, 2.75) is 45.6 Å². The minimum atomic E-state index is 0.880. The zero-order chi connectivity index (χ0) is 12.6. The van der Waals surface area contributed by atoms with Crippen LogP contribution in [0.2, 0.25) is 0 Å². The van der Waals surface area contributed by atoms with Crippen molar-refractivity contribution in [1.82, 2.24) is 5.32 Å². The van der Waals surface area contributed by atoms with E-state index in [1.165, 1.54) is 24.8 Å². The Morgan fingerprint density at radius 2 is 2.06 bits per heavy atom. The molecule has 0 aromatic heterocycles. The predicted molar refractivity (Wildman–Crippen MR) is 75.9 cm³/mol. The second-order valence-corrected chi connectivity index (χ2v) is 5.10. The summed E-state index contributed by atoms with van der Waals surface area (Å²) >= 11 is 0. The molecule has 2 rings (SSSR count). The van der Waals surface area contributed by atoms with E-state index in [0.29, 0.717) is 0 Å². The molecule has 100 valence electrons. The van der Waals surface area contributed by atoms with Crippen molar-refractivity contribution >= 4 is 0 Å². The predicted octanol–water partition coefficient (Wildman–Crippen LogP) is 3.08. The average molecular weight is 247 g/mol. The first-order chi connectivity index (χ1) is 8.90. The Morgan fingerprint density at radius 1 is 1.17 bits per heavy atom. The maximum Gasteiger partial charge on any atom is 0.0478 e. The van der Waals surface area contributed by atoms with Crippen LogP contribution >= 0.6 is 0 Å². The van der Waals surface area contributed by atoms with E-state index < -0.39 is 0 Å². The molecule has 0 atom stereocenters. The molecular formula is C16H25NO. The Morgan fingerprint density at radius 3 is 2.94 bits per heavy atom. The number of ether oxygens (including phenoxy) is 1. The molecule has 0 unspecified atom stereocenters. The van der Waals surface area contributed by atoms with Crippen LogP contribution in [0.1, 0.15) is 42.9 Å². The highest BCUT2D eigenvalue weighted by Crippen LogP contribution is 2.22. The zero-order valence-corrected chi connectivity index (χ0v) is 11.5. The summed E-state index contributed by atoms with van der Waals surface area (Å²) in [4.78, 5) is 0. The molecule has 1 aromatic rings. The molecule has 1 aliphatic rings. The van der Waals surface area contributed by atoms with Gasteiger partial charge in [-0.3, -0.25) is 0 Å². The van der Waals surface area contributed by atoms with E-state index in [1.54, 1.807) is 11.1 Å². The van der Waals surface area contributed by atoms with Crippen LogP contribution in [0, 0.1) is 0 Å².